The molecule has 29 heavy (non-hydrogen) atoms. The zero-order chi connectivity index (χ0) is 20.3. The van der Waals surface area contributed by atoms with E-state index in [0.717, 1.165) is 30.5 Å². The Morgan fingerprint density at radius 1 is 0.621 bits per heavy atom. The molecule has 0 aliphatic heterocycles. The van der Waals surface area contributed by atoms with Gasteiger partial charge in [-0.25, -0.2) is 0 Å². The predicted octanol–water partition coefficient (Wildman–Crippen LogP) is 3.93. The molecule has 4 rings (SSSR count). The van der Waals surface area contributed by atoms with Gasteiger partial charge in [0.05, 0.1) is 11.9 Å². The molecule has 140 valence electrons. The van der Waals surface area contributed by atoms with E-state index in [2.05, 4.69) is 31.9 Å². The van der Waals surface area contributed by atoms with Crippen LogP contribution in [0, 0.1) is 0 Å². The molecule has 0 fully saturated rings. The van der Waals surface area contributed by atoms with Crippen LogP contribution in [0.2, 0.25) is 0 Å². The van der Waals surface area contributed by atoms with Crippen LogP contribution in [-0.2, 0) is 27.3 Å². The summed E-state index contributed by atoms with van der Waals surface area (Å²) in [7, 11) is 0. The molecule has 4 aromatic rings. The number of carboxylic acids is 2. The third-order valence-electron chi connectivity index (χ3n) is 4.13. The molecule has 0 aliphatic rings. The van der Waals surface area contributed by atoms with Crippen molar-refractivity contribution in [3.8, 4) is 0 Å². The van der Waals surface area contributed by atoms with Gasteiger partial charge in [-0.05, 0) is 56.9 Å². The van der Waals surface area contributed by atoms with E-state index >= 15 is 0 Å². The van der Waals surface area contributed by atoms with Crippen LogP contribution in [0.1, 0.15) is 20.7 Å². The SMILES string of the molecule is O=C([O-])c1ccc2c(Br)cccc2c1.O=C([O-])c1ccc2c(Br)cccc2c1.[Cd+2]. The summed E-state index contributed by atoms with van der Waals surface area (Å²) in [6, 6.07) is 21.1. The number of benzene rings is 4. The van der Waals surface area contributed by atoms with E-state index in [1.54, 1.807) is 36.4 Å². The molecule has 0 aliphatic carbocycles. The molecule has 0 bridgehead atoms. The average Bonchev–Trinajstić information content (AvgIpc) is 2.68. The van der Waals surface area contributed by atoms with Gasteiger partial charge in [-0.1, -0.05) is 80.4 Å². The Morgan fingerprint density at radius 2 is 1.00 bits per heavy atom. The van der Waals surface area contributed by atoms with Crippen LogP contribution < -0.4 is 10.2 Å². The molecule has 4 aromatic carbocycles. The van der Waals surface area contributed by atoms with E-state index in [9.17, 15) is 19.8 Å². The van der Waals surface area contributed by atoms with Crippen LogP contribution in [0.5, 0.6) is 0 Å². The van der Waals surface area contributed by atoms with E-state index in [1.165, 1.54) is 0 Å². The summed E-state index contributed by atoms with van der Waals surface area (Å²) >= 11 is 6.79. The second kappa shape index (κ2) is 10.3. The van der Waals surface area contributed by atoms with Crippen molar-refractivity contribution < 1.29 is 47.1 Å². The molecule has 0 saturated heterocycles. The number of carboxylic acid groups (broad SMARTS) is 2. The van der Waals surface area contributed by atoms with Crippen LogP contribution in [0.25, 0.3) is 21.5 Å². The first-order valence-corrected chi connectivity index (χ1v) is 9.74. The standard InChI is InChI=1S/2C11H7BrO2.Cd/c2*12-10-3-1-2-7-6-8(11(13)14)4-5-9(7)10;/h2*1-6H,(H,13,14);/q;;+2/p-2. The zero-order valence-electron chi connectivity index (χ0n) is 15.0. The summed E-state index contributed by atoms with van der Waals surface area (Å²) in [5.41, 5.74) is 0.409. The summed E-state index contributed by atoms with van der Waals surface area (Å²) in [6.07, 6.45) is 0. The molecule has 0 radical (unpaired) electrons. The normalized spacial score (nSPS) is 10.0. The largest absolute Gasteiger partial charge is 2.00 e. The topological polar surface area (TPSA) is 80.3 Å². The molecule has 0 atom stereocenters. The van der Waals surface area contributed by atoms with Gasteiger partial charge in [0.15, 0.2) is 0 Å². The molecule has 4 nitrogen and oxygen atoms in total. The van der Waals surface area contributed by atoms with Crippen LogP contribution in [-0.4, -0.2) is 11.9 Å². The molecule has 0 N–H and O–H groups in total. The van der Waals surface area contributed by atoms with Crippen molar-refractivity contribution in [3.05, 3.63) is 92.9 Å². The van der Waals surface area contributed by atoms with Crippen LogP contribution in [0.4, 0.5) is 0 Å². The van der Waals surface area contributed by atoms with Crippen LogP contribution in [0.3, 0.4) is 0 Å². The quantitative estimate of drug-likeness (QED) is 0.322. The Hall–Kier alpha value is -1.78. The predicted molar refractivity (Wildman–Crippen MR) is 112 cm³/mol. The maximum absolute atomic E-state index is 10.6. The average molecular weight is 613 g/mol. The summed E-state index contributed by atoms with van der Waals surface area (Å²) in [6.45, 7) is 0. The molecular formula is C22H12Br2CdO4. The maximum Gasteiger partial charge on any atom is 2.00 e. The van der Waals surface area contributed by atoms with Gasteiger partial charge in [0.1, 0.15) is 0 Å². The number of carbonyl (C=O) groups excluding carboxylic acids is 2. The minimum Gasteiger partial charge on any atom is -0.545 e. The van der Waals surface area contributed by atoms with Crippen molar-refractivity contribution in [3.63, 3.8) is 0 Å². The Balaban J connectivity index is 0.000000200. The van der Waals surface area contributed by atoms with Crippen molar-refractivity contribution in [2.75, 3.05) is 0 Å². The molecule has 0 amide bonds. The third kappa shape index (κ3) is 5.64. The molecule has 7 heteroatoms. The summed E-state index contributed by atoms with van der Waals surface area (Å²) in [5.74, 6) is -2.29. The van der Waals surface area contributed by atoms with Crippen molar-refractivity contribution in [2.24, 2.45) is 0 Å². The van der Waals surface area contributed by atoms with Gasteiger partial charge in [-0.15, -0.1) is 0 Å². The van der Waals surface area contributed by atoms with Crippen molar-refractivity contribution in [1.29, 1.82) is 0 Å². The maximum atomic E-state index is 10.6. The van der Waals surface area contributed by atoms with Gasteiger partial charge in [0.25, 0.3) is 0 Å². The minimum atomic E-state index is -1.15. The Morgan fingerprint density at radius 3 is 1.34 bits per heavy atom. The second-order valence-corrected chi connectivity index (χ2v) is 7.64. The number of halogens is 2. The molecule has 0 spiro atoms. The minimum absolute atomic E-state index is 0. The fraction of sp³-hybridized carbons (Fsp3) is 0. The number of hydrogen-bond acceptors (Lipinski definition) is 4. The van der Waals surface area contributed by atoms with Crippen molar-refractivity contribution >= 4 is 65.3 Å². The second-order valence-electron chi connectivity index (χ2n) is 5.93. The smallest absolute Gasteiger partial charge is 0.545 e. The van der Waals surface area contributed by atoms with Crippen molar-refractivity contribution in [2.45, 2.75) is 0 Å². The fourth-order valence-electron chi connectivity index (χ4n) is 2.74. The Kier molecular flexibility index (Phi) is 8.36. The molecule has 0 aromatic heterocycles. The molecular weight excluding hydrogens is 600 g/mol. The van der Waals surface area contributed by atoms with E-state index in [1.807, 2.05) is 36.4 Å². The monoisotopic (exact) mass is 612 g/mol. The van der Waals surface area contributed by atoms with E-state index < -0.39 is 11.9 Å². The first-order valence-electron chi connectivity index (χ1n) is 8.16. The van der Waals surface area contributed by atoms with E-state index in [0.29, 0.717) is 0 Å². The Bertz CT molecular complexity index is 1110. The number of aromatic carboxylic acids is 2. The molecule has 0 unspecified atom stereocenters. The summed E-state index contributed by atoms with van der Waals surface area (Å²) < 4.78 is 1.92. The van der Waals surface area contributed by atoms with Crippen LogP contribution >= 0.6 is 31.9 Å². The first kappa shape index (κ1) is 23.5. The number of carbonyl (C=O) groups is 2. The summed E-state index contributed by atoms with van der Waals surface area (Å²) in [5, 5.41) is 25.0. The Labute approximate surface area is 204 Å². The molecule has 0 saturated carbocycles. The van der Waals surface area contributed by atoms with Gasteiger partial charge >= 0.3 is 27.3 Å². The number of hydrogen-bond donors (Lipinski definition) is 0. The number of fused-ring (bicyclic) bond motifs is 2. The van der Waals surface area contributed by atoms with E-state index in [4.69, 9.17) is 0 Å². The zero-order valence-corrected chi connectivity index (χ0v) is 22.2. The van der Waals surface area contributed by atoms with Gasteiger partial charge in [0, 0.05) is 8.95 Å². The van der Waals surface area contributed by atoms with E-state index in [-0.39, 0.29) is 38.4 Å². The molecule has 0 heterocycles. The first-order chi connectivity index (χ1) is 13.4. The van der Waals surface area contributed by atoms with Gasteiger partial charge in [-0.3, -0.25) is 0 Å². The van der Waals surface area contributed by atoms with Gasteiger partial charge < -0.3 is 19.8 Å². The van der Waals surface area contributed by atoms with Crippen LogP contribution in [0.15, 0.2) is 81.7 Å². The van der Waals surface area contributed by atoms with Gasteiger partial charge in [0.2, 0.25) is 0 Å². The summed E-state index contributed by atoms with van der Waals surface area (Å²) in [4.78, 5) is 21.2. The van der Waals surface area contributed by atoms with Gasteiger partial charge in [-0.2, -0.15) is 0 Å². The van der Waals surface area contributed by atoms with Crippen molar-refractivity contribution in [1.82, 2.24) is 0 Å². The fourth-order valence-corrected chi connectivity index (χ4v) is 3.77. The third-order valence-corrected chi connectivity index (χ3v) is 5.51. The number of rotatable bonds is 2.